The third kappa shape index (κ3) is 2.21. The average Bonchev–Trinajstić information content (AvgIpc) is 2.99. The Hall–Kier alpha value is -2.49. The summed E-state index contributed by atoms with van der Waals surface area (Å²) in [5, 5.41) is 3.38. The topological polar surface area (TPSA) is 35.6 Å². The highest BCUT2D eigenvalue weighted by atomic mass is 16.2. The van der Waals surface area contributed by atoms with Crippen LogP contribution in [-0.4, -0.2) is 32.1 Å². The van der Waals surface area contributed by atoms with Crippen molar-refractivity contribution < 1.29 is 4.79 Å². The molecule has 1 amide bonds. The summed E-state index contributed by atoms with van der Waals surface area (Å²) >= 11 is 0. The molecule has 0 radical (unpaired) electrons. The zero-order chi connectivity index (χ0) is 14.9. The predicted molar refractivity (Wildman–Crippen MR) is 89.6 cm³/mol. The van der Waals surface area contributed by atoms with Crippen molar-refractivity contribution in [3.8, 4) is 0 Å². The van der Waals surface area contributed by atoms with E-state index in [1.54, 1.807) is 0 Å². The molecule has 2 aromatic rings. The second-order valence-electron chi connectivity index (χ2n) is 5.79. The van der Waals surface area contributed by atoms with Crippen molar-refractivity contribution in [2.75, 3.05) is 41.3 Å². The average molecular weight is 293 g/mol. The van der Waals surface area contributed by atoms with Gasteiger partial charge in [0.25, 0.3) is 0 Å². The third-order valence-electron chi connectivity index (χ3n) is 4.46. The molecule has 1 N–H and O–H groups in total. The van der Waals surface area contributed by atoms with Crippen LogP contribution in [0.4, 0.5) is 17.1 Å². The Bertz CT molecular complexity index is 713. The summed E-state index contributed by atoms with van der Waals surface area (Å²) in [6.07, 6.45) is 0.958. The van der Waals surface area contributed by atoms with Crippen molar-refractivity contribution in [3.63, 3.8) is 0 Å². The standard InChI is InChI=1S/C18H19N3O/c22-18(21-11-9-14-5-1-3-7-16(14)21)13-20-12-10-19-15-6-2-4-8-17(15)20/h1-8,19H,9-13H2. The van der Waals surface area contributed by atoms with Crippen LogP contribution in [0.25, 0.3) is 0 Å². The van der Waals surface area contributed by atoms with E-state index in [4.69, 9.17) is 0 Å². The second-order valence-corrected chi connectivity index (χ2v) is 5.79. The number of anilines is 3. The molecule has 2 aliphatic heterocycles. The molecule has 0 saturated carbocycles. The molecule has 4 rings (SSSR count). The van der Waals surface area contributed by atoms with Gasteiger partial charge in [0.15, 0.2) is 0 Å². The predicted octanol–water partition coefficient (Wildman–Crippen LogP) is 2.51. The minimum atomic E-state index is 0.182. The van der Waals surface area contributed by atoms with Crippen molar-refractivity contribution in [3.05, 3.63) is 54.1 Å². The molecule has 0 saturated heterocycles. The summed E-state index contributed by atoms with van der Waals surface area (Å²) in [5.41, 5.74) is 4.59. The summed E-state index contributed by atoms with van der Waals surface area (Å²) < 4.78 is 0. The van der Waals surface area contributed by atoms with Crippen LogP contribution in [0.1, 0.15) is 5.56 Å². The zero-order valence-electron chi connectivity index (χ0n) is 12.5. The molecule has 0 fully saturated rings. The first kappa shape index (κ1) is 13.2. The molecule has 0 unspecified atom stereocenters. The number of benzene rings is 2. The molecule has 112 valence electrons. The summed E-state index contributed by atoms with van der Waals surface area (Å²) in [7, 11) is 0. The SMILES string of the molecule is O=C(CN1CCNc2ccccc21)N1CCc2ccccc21. The van der Waals surface area contributed by atoms with E-state index in [0.29, 0.717) is 6.54 Å². The highest BCUT2D eigenvalue weighted by Gasteiger charge is 2.26. The Kier molecular flexibility index (Phi) is 3.22. The van der Waals surface area contributed by atoms with Crippen LogP contribution >= 0.6 is 0 Å². The van der Waals surface area contributed by atoms with E-state index in [-0.39, 0.29) is 5.91 Å². The van der Waals surface area contributed by atoms with E-state index in [2.05, 4.69) is 28.4 Å². The van der Waals surface area contributed by atoms with Crippen LogP contribution in [0.2, 0.25) is 0 Å². The van der Waals surface area contributed by atoms with Gasteiger partial charge in [-0.25, -0.2) is 0 Å². The number of carbonyl (C=O) groups excluding carboxylic acids is 1. The number of para-hydroxylation sites is 3. The molecule has 4 heteroatoms. The maximum Gasteiger partial charge on any atom is 0.246 e. The Balaban J connectivity index is 1.54. The number of hydrogen-bond acceptors (Lipinski definition) is 3. The van der Waals surface area contributed by atoms with Gasteiger partial charge in [0.05, 0.1) is 17.9 Å². The van der Waals surface area contributed by atoms with Crippen molar-refractivity contribution >= 4 is 23.0 Å². The van der Waals surface area contributed by atoms with E-state index in [1.807, 2.05) is 35.2 Å². The molecular weight excluding hydrogens is 274 g/mol. The molecule has 0 atom stereocenters. The lowest BCUT2D eigenvalue weighted by Gasteiger charge is -2.32. The number of carbonyl (C=O) groups is 1. The van der Waals surface area contributed by atoms with Crippen molar-refractivity contribution in [2.24, 2.45) is 0 Å². The monoisotopic (exact) mass is 293 g/mol. The van der Waals surface area contributed by atoms with E-state index < -0.39 is 0 Å². The highest BCUT2D eigenvalue weighted by Crippen LogP contribution is 2.30. The number of rotatable bonds is 2. The normalized spacial score (nSPS) is 16.0. The molecule has 4 nitrogen and oxygen atoms in total. The zero-order valence-corrected chi connectivity index (χ0v) is 12.5. The van der Waals surface area contributed by atoms with Crippen LogP contribution < -0.4 is 15.1 Å². The molecule has 2 aromatic carbocycles. The van der Waals surface area contributed by atoms with E-state index >= 15 is 0 Å². The number of nitrogens with zero attached hydrogens (tertiary/aromatic N) is 2. The van der Waals surface area contributed by atoms with Gasteiger partial charge in [0, 0.05) is 25.3 Å². The lowest BCUT2D eigenvalue weighted by molar-refractivity contribution is -0.117. The largest absolute Gasteiger partial charge is 0.382 e. The fraction of sp³-hybridized carbons (Fsp3) is 0.278. The smallest absolute Gasteiger partial charge is 0.246 e. The van der Waals surface area contributed by atoms with Gasteiger partial charge in [-0.1, -0.05) is 30.3 Å². The lowest BCUT2D eigenvalue weighted by atomic mass is 10.2. The number of hydrogen-bond donors (Lipinski definition) is 1. The first-order valence-electron chi connectivity index (χ1n) is 7.79. The minimum Gasteiger partial charge on any atom is -0.382 e. The van der Waals surface area contributed by atoms with E-state index in [0.717, 1.165) is 43.1 Å². The van der Waals surface area contributed by atoms with Crippen LogP contribution in [0.3, 0.4) is 0 Å². The molecule has 0 spiro atoms. The third-order valence-corrected chi connectivity index (χ3v) is 4.46. The van der Waals surface area contributed by atoms with E-state index in [9.17, 15) is 4.79 Å². The van der Waals surface area contributed by atoms with Crippen molar-refractivity contribution in [1.29, 1.82) is 0 Å². The fourth-order valence-corrected chi connectivity index (χ4v) is 3.36. The molecule has 2 heterocycles. The van der Waals surface area contributed by atoms with Gasteiger partial charge in [-0.2, -0.15) is 0 Å². The molecule has 0 aliphatic carbocycles. The lowest BCUT2D eigenvalue weighted by Crippen LogP contribution is -2.43. The molecular formula is C18H19N3O. The summed E-state index contributed by atoms with van der Waals surface area (Å²) in [6, 6.07) is 16.4. The molecule has 0 bridgehead atoms. The van der Waals surface area contributed by atoms with Crippen molar-refractivity contribution in [2.45, 2.75) is 6.42 Å². The first-order valence-corrected chi connectivity index (χ1v) is 7.79. The Morgan fingerprint density at radius 1 is 1.00 bits per heavy atom. The van der Waals surface area contributed by atoms with Gasteiger partial charge in [0.1, 0.15) is 0 Å². The van der Waals surface area contributed by atoms with Gasteiger partial charge in [-0.15, -0.1) is 0 Å². The minimum absolute atomic E-state index is 0.182. The number of fused-ring (bicyclic) bond motifs is 2. The highest BCUT2D eigenvalue weighted by molar-refractivity contribution is 5.98. The summed E-state index contributed by atoms with van der Waals surface area (Å²) in [5.74, 6) is 0.182. The maximum absolute atomic E-state index is 12.7. The number of amides is 1. The van der Waals surface area contributed by atoms with Gasteiger partial charge >= 0.3 is 0 Å². The number of nitrogens with one attached hydrogen (secondary N) is 1. The maximum atomic E-state index is 12.7. The second kappa shape index (κ2) is 5.37. The van der Waals surface area contributed by atoms with Crippen molar-refractivity contribution in [1.82, 2.24) is 0 Å². The van der Waals surface area contributed by atoms with Crippen LogP contribution in [-0.2, 0) is 11.2 Å². The summed E-state index contributed by atoms with van der Waals surface area (Å²) in [6.45, 7) is 2.97. The Labute approximate surface area is 130 Å². The molecule has 2 aliphatic rings. The van der Waals surface area contributed by atoms with Crippen LogP contribution in [0, 0.1) is 0 Å². The van der Waals surface area contributed by atoms with Crippen LogP contribution in [0.15, 0.2) is 48.5 Å². The molecule has 0 aromatic heterocycles. The van der Waals surface area contributed by atoms with Gasteiger partial charge < -0.3 is 15.1 Å². The summed E-state index contributed by atoms with van der Waals surface area (Å²) in [4.78, 5) is 16.9. The first-order chi connectivity index (χ1) is 10.8. The van der Waals surface area contributed by atoms with E-state index in [1.165, 1.54) is 5.56 Å². The fourth-order valence-electron chi connectivity index (χ4n) is 3.36. The quantitative estimate of drug-likeness (QED) is 0.924. The van der Waals surface area contributed by atoms with Crippen LogP contribution in [0.5, 0.6) is 0 Å². The van der Waals surface area contributed by atoms with Gasteiger partial charge in [-0.05, 0) is 30.2 Å². The van der Waals surface area contributed by atoms with Gasteiger partial charge in [-0.3, -0.25) is 4.79 Å². The Morgan fingerprint density at radius 2 is 1.77 bits per heavy atom. The molecule has 22 heavy (non-hydrogen) atoms. The Morgan fingerprint density at radius 3 is 2.68 bits per heavy atom. The van der Waals surface area contributed by atoms with Gasteiger partial charge in [0.2, 0.25) is 5.91 Å².